The summed E-state index contributed by atoms with van der Waals surface area (Å²) < 4.78 is 0. The predicted molar refractivity (Wildman–Crippen MR) is 68.6 cm³/mol. The van der Waals surface area contributed by atoms with E-state index >= 15 is 0 Å². The van der Waals surface area contributed by atoms with E-state index in [1.54, 1.807) is 0 Å². The number of nitrogen functional groups attached to an aromatic ring is 1. The SMILES string of the molecule is CCC(C)N(CC)c1cc(Cl)ccc1N. The van der Waals surface area contributed by atoms with E-state index in [1.165, 1.54) is 0 Å². The van der Waals surface area contributed by atoms with Gasteiger partial charge in [0.15, 0.2) is 0 Å². The Morgan fingerprint density at radius 1 is 1.40 bits per heavy atom. The van der Waals surface area contributed by atoms with Gasteiger partial charge in [0, 0.05) is 17.6 Å². The quantitative estimate of drug-likeness (QED) is 0.796. The van der Waals surface area contributed by atoms with E-state index in [-0.39, 0.29) is 0 Å². The number of nitrogens with two attached hydrogens (primary N) is 1. The molecule has 1 atom stereocenters. The van der Waals surface area contributed by atoms with Gasteiger partial charge in [-0.15, -0.1) is 0 Å². The molecular formula is C12H19ClN2. The van der Waals surface area contributed by atoms with Gasteiger partial charge in [-0.05, 0) is 38.5 Å². The molecule has 0 heterocycles. The summed E-state index contributed by atoms with van der Waals surface area (Å²) in [6.07, 6.45) is 1.10. The zero-order valence-corrected chi connectivity index (χ0v) is 10.4. The summed E-state index contributed by atoms with van der Waals surface area (Å²) in [5.74, 6) is 0. The van der Waals surface area contributed by atoms with Gasteiger partial charge in [-0.1, -0.05) is 18.5 Å². The Bertz CT molecular complexity index is 325. The molecule has 3 heteroatoms. The summed E-state index contributed by atoms with van der Waals surface area (Å²) in [7, 11) is 0. The first-order valence-corrected chi connectivity index (χ1v) is 5.79. The second kappa shape index (κ2) is 5.26. The van der Waals surface area contributed by atoms with E-state index in [2.05, 4.69) is 25.7 Å². The minimum absolute atomic E-state index is 0.482. The maximum atomic E-state index is 5.98. The third-order valence-electron chi connectivity index (χ3n) is 2.77. The molecule has 1 unspecified atom stereocenters. The molecular weight excluding hydrogens is 208 g/mol. The van der Waals surface area contributed by atoms with Crippen molar-refractivity contribution in [3.8, 4) is 0 Å². The lowest BCUT2D eigenvalue weighted by atomic mass is 10.1. The van der Waals surface area contributed by atoms with Crippen molar-refractivity contribution in [3.63, 3.8) is 0 Å². The van der Waals surface area contributed by atoms with Crippen LogP contribution in [0.5, 0.6) is 0 Å². The molecule has 1 aromatic rings. The number of benzene rings is 1. The minimum Gasteiger partial charge on any atom is -0.397 e. The lowest BCUT2D eigenvalue weighted by molar-refractivity contribution is 0.631. The van der Waals surface area contributed by atoms with Gasteiger partial charge in [0.2, 0.25) is 0 Å². The average molecular weight is 227 g/mol. The van der Waals surface area contributed by atoms with E-state index in [1.807, 2.05) is 18.2 Å². The molecule has 0 aromatic heterocycles. The molecule has 0 saturated heterocycles. The number of nitrogens with zero attached hydrogens (tertiary/aromatic N) is 1. The number of hydrogen-bond donors (Lipinski definition) is 1. The Kier molecular flexibility index (Phi) is 4.28. The van der Waals surface area contributed by atoms with E-state index in [4.69, 9.17) is 17.3 Å². The second-order valence-electron chi connectivity index (χ2n) is 3.75. The monoisotopic (exact) mass is 226 g/mol. The number of hydrogen-bond acceptors (Lipinski definition) is 2. The van der Waals surface area contributed by atoms with Crippen LogP contribution in [0.3, 0.4) is 0 Å². The normalized spacial score (nSPS) is 12.5. The van der Waals surface area contributed by atoms with Gasteiger partial charge in [-0.2, -0.15) is 0 Å². The highest BCUT2D eigenvalue weighted by Crippen LogP contribution is 2.28. The van der Waals surface area contributed by atoms with Crippen LogP contribution in [0.25, 0.3) is 0 Å². The highest BCUT2D eigenvalue weighted by Gasteiger charge is 2.13. The Morgan fingerprint density at radius 2 is 2.07 bits per heavy atom. The molecule has 1 rings (SSSR count). The summed E-state index contributed by atoms with van der Waals surface area (Å²) in [5, 5.41) is 0.737. The van der Waals surface area contributed by atoms with Crippen molar-refractivity contribution < 1.29 is 0 Å². The Morgan fingerprint density at radius 3 is 2.60 bits per heavy atom. The van der Waals surface area contributed by atoms with Gasteiger partial charge in [0.05, 0.1) is 11.4 Å². The van der Waals surface area contributed by atoms with Crippen molar-refractivity contribution in [1.82, 2.24) is 0 Å². The van der Waals surface area contributed by atoms with Crippen molar-refractivity contribution in [2.75, 3.05) is 17.2 Å². The van der Waals surface area contributed by atoms with Crippen LogP contribution >= 0.6 is 11.6 Å². The molecule has 0 spiro atoms. The summed E-state index contributed by atoms with van der Waals surface area (Å²) >= 11 is 5.98. The van der Waals surface area contributed by atoms with Crippen LogP contribution in [0.2, 0.25) is 5.02 Å². The third-order valence-corrected chi connectivity index (χ3v) is 3.00. The fraction of sp³-hybridized carbons (Fsp3) is 0.500. The third kappa shape index (κ3) is 2.78. The highest BCUT2D eigenvalue weighted by molar-refractivity contribution is 6.31. The topological polar surface area (TPSA) is 29.3 Å². The van der Waals surface area contributed by atoms with Crippen LogP contribution in [0, 0.1) is 0 Å². The van der Waals surface area contributed by atoms with Gasteiger partial charge in [-0.25, -0.2) is 0 Å². The fourth-order valence-electron chi connectivity index (χ4n) is 1.71. The van der Waals surface area contributed by atoms with Crippen LogP contribution in [0.4, 0.5) is 11.4 Å². The second-order valence-corrected chi connectivity index (χ2v) is 4.18. The average Bonchev–Trinajstić information content (AvgIpc) is 2.23. The van der Waals surface area contributed by atoms with Crippen molar-refractivity contribution >= 4 is 23.0 Å². The minimum atomic E-state index is 0.482. The first-order chi connectivity index (χ1) is 7.10. The van der Waals surface area contributed by atoms with E-state index < -0.39 is 0 Å². The van der Waals surface area contributed by atoms with Crippen molar-refractivity contribution in [2.45, 2.75) is 33.2 Å². The number of rotatable bonds is 4. The molecule has 0 bridgehead atoms. The maximum Gasteiger partial charge on any atom is 0.0617 e. The molecule has 0 aliphatic rings. The summed E-state index contributed by atoms with van der Waals surface area (Å²) in [6, 6.07) is 6.11. The van der Waals surface area contributed by atoms with Crippen LogP contribution in [-0.2, 0) is 0 Å². The predicted octanol–water partition coefficient (Wildman–Crippen LogP) is 3.55. The van der Waals surface area contributed by atoms with Crippen LogP contribution < -0.4 is 10.6 Å². The smallest absolute Gasteiger partial charge is 0.0617 e. The van der Waals surface area contributed by atoms with E-state index in [9.17, 15) is 0 Å². The number of halogens is 1. The highest BCUT2D eigenvalue weighted by atomic mass is 35.5. The molecule has 2 N–H and O–H groups in total. The molecule has 15 heavy (non-hydrogen) atoms. The van der Waals surface area contributed by atoms with Crippen LogP contribution in [0.15, 0.2) is 18.2 Å². The first-order valence-electron chi connectivity index (χ1n) is 5.41. The molecule has 0 aliphatic heterocycles. The lowest BCUT2D eigenvalue weighted by Gasteiger charge is -2.30. The molecule has 0 radical (unpaired) electrons. The summed E-state index contributed by atoms with van der Waals surface area (Å²) in [4.78, 5) is 2.28. The van der Waals surface area contributed by atoms with Crippen LogP contribution in [0.1, 0.15) is 27.2 Å². The molecule has 0 aliphatic carbocycles. The largest absolute Gasteiger partial charge is 0.397 e. The van der Waals surface area contributed by atoms with Gasteiger partial charge in [0.25, 0.3) is 0 Å². The molecule has 0 saturated carbocycles. The van der Waals surface area contributed by atoms with Gasteiger partial charge in [-0.3, -0.25) is 0 Å². The Labute approximate surface area is 97.0 Å². The van der Waals surface area contributed by atoms with E-state index in [0.717, 1.165) is 29.4 Å². The van der Waals surface area contributed by atoms with E-state index in [0.29, 0.717) is 6.04 Å². The van der Waals surface area contributed by atoms with Crippen molar-refractivity contribution in [1.29, 1.82) is 0 Å². The molecule has 0 fully saturated rings. The van der Waals surface area contributed by atoms with Crippen LogP contribution in [-0.4, -0.2) is 12.6 Å². The molecule has 84 valence electrons. The zero-order chi connectivity index (χ0) is 11.4. The summed E-state index contributed by atoms with van der Waals surface area (Å²) in [5.41, 5.74) is 7.79. The Balaban J connectivity index is 3.05. The zero-order valence-electron chi connectivity index (χ0n) is 9.63. The fourth-order valence-corrected chi connectivity index (χ4v) is 1.87. The standard InChI is InChI=1S/C12H19ClN2/c1-4-9(3)15(5-2)12-8-10(13)6-7-11(12)14/h6-9H,4-5,14H2,1-3H3. The maximum absolute atomic E-state index is 5.98. The molecule has 2 nitrogen and oxygen atoms in total. The first kappa shape index (κ1) is 12.2. The molecule has 1 aromatic carbocycles. The van der Waals surface area contributed by atoms with Gasteiger partial charge in [0.1, 0.15) is 0 Å². The van der Waals surface area contributed by atoms with Crippen molar-refractivity contribution in [3.05, 3.63) is 23.2 Å². The van der Waals surface area contributed by atoms with Crippen molar-refractivity contribution in [2.24, 2.45) is 0 Å². The van der Waals surface area contributed by atoms with Gasteiger partial charge < -0.3 is 10.6 Å². The lowest BCUT2D eigenvalue weighted by Crippen LogP contribution is -2.32. The number of anilines is 2. The Hall–Kier alpha value is -0.890. The molecule has 0 amide bonds. The van der Waals surface area contributed by atoms with Gasteiger partial charge >= 0.3 is 0 Å². The summed E-state index contributed by atoms with van der Waals surface area (Å²) in [6.45, 7) is 7.45.